The number of anilines is 1. The summed E-state index contributed by atoms with van der Waals surface area (Å²) in [6.07, 6.45) is 0. The molecule has 0 heterocycles. The highest BCUT2D eigenvalue weighted by Crippen LogP contribution is 2.24. The Labute approximate surface area is 115 Å². The Morgan fingerprint density at radius 3 is 2.11 bits per heavy atom. The van der Waals surface area contributed by atoms with E-state index in [0.29, 0.717) is 5.92 Å². The molecule has 100 valence electrons. The van der Waals surface area contributed by atoms with Gasteiger partial charge in [0, 0.05) is 12.7 Å². The van der Waals surface area contributed by atoms with Crippen molar-refractivity contribution in [1.82, 2.24) is 0 Å². The van der Waals surface area contributed by atoms with Gasteiger partial charge in [-0.25, -0.2) is 0 Å². The Morgan fingerprint density at radius 2 is 1.53 bits per heavy atom. The average Bonchev–Trinajstić information content (AvgIpc) is 2.46. The molecule has 2 nitrogen and oxygen atoms in total. The highest BCUT2D eigenvalue weighted by atomic mass is 14.8. The Bertz CT molecular complexity index is 529. The Hall–Kier alpha value is -1.80. The number of nitrogens with two attached hydrogens (primary N) is 1. The third kappa shape index (κ3) is 3.15. The summed E-state index contributed by atoms with van der Waals surface area (Å²) in [5.41, 5.74) is 11.1. The van der Waals surface area contributed by atoms with Crippen molar-refractivity contribution >= 4 is 5.69 Å². The summed E-state index contributed by atoms with van der Waals surface area (Å²) < 4.78 is 0. The van der Waals surface area contributed by atoms with Crippen LogP contribution in [0.5, 0.6) is 0 Å². The summed E-state index contributed by atoms with van der Waals surface area (Å²) in [7, 11) is 1.92. The number of nitrogens with one attached hydrogen (secondary N) is 1. The quantitative estimate of drug-likeness (QED) is 0.868. The zero-order valence-corrected chi connectivity index (χ0v) is 11.9. The highest BCUT2D eigenvalue weighted by Gasteiger charge is 2.09. The topological polar surface area (TPSA) is 38.0 Å². The van der Waals surface area contributed by atoms with Crippen LogP contribution in [0.15, 0.2) is 48.5 Å². The Balaban J connectivity index is 2.25. The molecule has 0 aliphatic rings. The van der Waals surface area contributed by atoms with E-state index >= 15 is 0 Å². The first-order valence-corrected chi connectivity index (χ1v) is 6.75. The molecule has 19 heavy (non-hydrogen) atoms. The van der Waals surface area contributed by atoms with Gasteiger partial charge in [-0.3, -0.25) is 0 Å². The van der Waals surface area contributed by atoms with Crippen LogP contribution in [0, 0.1) is 0 Å². The second-order valence-electron chi connectivity index (χ2n) is 5.17. The van der Waals surface area contributed by atoms with E-state index in [1.165, 1.54) is 5.56 Å². The van der Waals surface area contributed by atoms with Crippen molar-refractivity contribution in [2.24, 2.45) is 5.73 Å². The van der Waals surface area contributed by atoms with E-state index < -0.39 is 0 Å². The molecule has 0 bridgehead atoms. The van der Waals surface area contributed by atoms with Crippen molar-refractivity contribution in [3.63, 3.8) is 0 Å². The van der Waals surface area contributed by atoms with Gasteiger partial charge < -0.3 is 11.1 Å². The zero-order chi connectivity index (χ0) is 13.8. The van der Waals surface area contributed by atoms with Crippen LogP contribution in [-0.2, 0) is 0 Å². The Morgan fingerprint density at radius 1 is 0.895 bits per heavy atom. The van der Waals surface area contributed by atoms with Crippen molar-refractivity contribution in [1.29, 1.82) is 0 Å². The van der Waals surface area contributed by atoms with E-state index in [4.69, 9.17) is 5.73 Å². The molecule has 2 rings (SSSR count). The zero-order valence-electron chi connectivity index (χ0n) is 11.9. The van der Waals surface area contributed by atoms with Gasteiger partial charge in [-0.15, -0.1) is 0 Å². The van der Waals surface area contributed by atoms with Crippen LogP contribution in [-0.4, -0.2) is 7.05 Å². The van der Waals surface area contributed by atoms with Crippen molar-refractivity contribution in [3.8, 4) is 0 Å². The molecule has 1 atom stereocenters. The Kier molecular flexibility index (Phi) is 4.23. The third-order valence-electron chi connectivity index (χ3n) is 3.50. The molecule has 0 amide bonds. The molecule has 0 spiro atoms. The summed E-state index contributed by atoms with van der Waals surface area (Å²) >= 11 is 0. The van der Waals surface area contributed by atoms with E-state index in [1.54, 1.807) is 0 Å². The van der Waals surface area contributed by atoms with Gasteiger partial charge in [0.15, 0.2) is 0 Å². The maximum absolute atomic E-state index is 6.34. The van der Waals surface area contributed by atoms with Gasteiger partial charge in [-0.1, -0.05) is 50.2 Å². The van der Waals surface area contributed by atoms with Gasteiger partial charge in [0.25, 0.3) is 0 Å². The van der Waals surface area contributed by atoms with Crippen LogP contribution in [0.4, 0.5) is 5.69 Å². The lowest BCUT2D eigenvalue weighted by molar-refractivity contribution is 0.848. The molecule has 2 aromatic carbocycles. The van der Waals surface area contributed by atoms with Crippen LogP contribution < -0.4 is 11.1 Å². The van der Waals surface area contributed by atoms with E-state index in [1.807, 2.05) is 19.2 Å². The predicted octanol–water partition coefficient (Wildman–Crippen LogP) is 3.90. The van der Waals surface area contributed by atoms with Crippen molar-refractivity contribution in [2.75, 3.05) is 12.4 Å². The normalized spacial score (nSPS) is 12.5. The van der Waals surface area contributed by atoms with Crippen LogP contribution in [0.25, 0.3) is 0 Å². The summed E-state index contributed by atoms with van der Waals surface area (Å²) in [5, 5.41) is 3.14. The molecular formula is C17H22N2. The summed E-state index contributed by atoms with van der Waals surface area (Å²) in [4.78, 5) is 0. The van der Waals surface area contributed by atoms with Gasteiger partial charge in [0.2, 0.25) is 0 Å². The first-order chi connectivity index (χ1) is 9.11. The van der Waals surface area contributed by atoms with E-state index in [9.17, 15) is 0 Å². The molecule has 2 heteroatoms. The van der Waals surface area contributed by atoms with E-state index in [0.717, 1.165) is 16.8 Å². The number of benzene rings is 2. The fourth-order valence-corrected chi connectivity index (χ4v) is 2.17. The van der Waals surface area contributed by atoms with Crippen molar-refractivity contribution in [3.05, 3.63) is 65.2 Å². The lowest BCUT2D eigenvalue weighted by atomic mass is 9.95. The lowest BCUT2D eigenvalue weighted by Gasteiger charge is -2.15. The first kappa shape index (κ1) is 13.6. The maximum Gasteiger partial charge on any atom is 0.0552 e. The van der Waals surface area contributed by atoms with Gasteiger partial charge in [-0.2, -0.15) is 0 Å². The molecule has 1 unspecified atom stereocenters. The molecule has 3 N–H and O–H groups in total. The number of rotatable bonds is 4. The first-order valence-electron chi connectivity index (χ1n) is 6.75. The largest absolute Gasteiger partial charge is 0.388 e. The van der Waals surface area contributed by atoms with Crippen molar-refractivity contribution < 1.29 is 0 Å². The molecule has 0 radical (unpaired) electrons. The number of hydrogen-bond donors (Lipinski definition) is 2. The van der Waals surface area contributed by atoms with Crippen LogP contribution in [0.1, 0.15) is 42.5 Å². The standard InChI is InChI=1S/C17H22N2/c1-12(2)13-7-9-14(10-8-13)17(18)15-5-4-6-16(11-15)19-3/h4-12,17,19H,18H2,1-3H3. The fraction of sp³-hybridized carbons (Fsp3) is 0.294. The average molecular weight is 254 g/mol. The second kappa shape index (κ2) is 5.89. The molecule has 0 fully saturated rings. The molecule has 2 aromatic rings. The second-order valence-corrected chi connectivity index (χ2v) is 5.17. The van der Waals surface area contributed by atoms with Crippen LogP contribution >= 0.6 is 0 Å². The van der Waals surface area contributed by atoms with Gasteiger partial charge in [-0.05, 0) is 34.7 Å². The summed E-state index contributed by atoms with van der Waals surface area (Å²) in [5.74, 6) is 0.554. The lowest BCUT2D eigenvalue weighted by Crippen LogP contribution is -2.12. The van der Waals surface area contributed by atoms with Crippen molar-refractivity contribution in [2.45, 2.75) is 25.8 Å². The van der Waals surface area contributed by atoms with Gasteiger partial charge >= 0.3 is 0 Å². The van der Waals surface area contributed by atoms with Crippen LogP contribution in [0.2, 0.25) is 0 Å². The van der Waals surface area contributed by atoms with Gasteiger partial charge in [0.05, 0.1) is 6.04 Å². The molecular weight excluding hydrogens is 232 g/mol. The van der Waals surface area contributed by atoms with E-state index in [-0.39, 0.29) is 6.04 Å². The fourth-order valence-electron chi connectivity index (χ4n) is 2.17. The minimum Gasteiger partial charge on any atom is -0.388 e. The molecule has 0 aliphatic heterocycles. The molecule has 0 saturated heterocycles. The van der Waals surface area contributed by atoms with Gasteiger partial charge in [0.1, 0.15) is 0 Å². The minimum atomic E-state index is -0.0745. The number of hydrogen-bond acceptors (Lipinski definition) is 2. The smallest absolute Gasteiger partial charge is 0.0552 e. The minimum absolute atomic E-state index is 0.0745. The SMILES string of the molecule is CNc1cccc(C(N)c2ccc(C(C)C)cc2)c1. The molecule has 0 aliphatic carbocycles. The van der Waals surface area contributed by atoms with Crippen LogP contribution in [0.3, 0.4) is 0 Å². The third-order valence-corrected chi connectivity index (χ3v) is 3.50. The summed E-state index contributed by atoms with van der Waals surface area (Å²) in [6.45, 7) is 4.40. The molecule has 0 saturated carbocycles. The monoisotopic (exact) mass is 254 g/mol. The summed E-state index contributed by atoms with van der Waals surface area (Å²) in [6, 6.07) is 16.8. The highest BCUT2D eigenvalue weighted by molar-refractivity contribution is 5.47. The molecule has 0 aromatic heterocycles. The maximum atomic E-state index is 6.34. The van der Waals surface area contributed by atoms with E-state index in [2.05, 4.69) is 55.6 Å². The predicted molar refractivity (Wildman–Crippen MR) is 82.6 cm³/mol.